The molecular weight excluding hydrogens is 140 g/mol. The van der Waals surface area contributed by atoms with E-state index in [1.807, 2.05) is 0 Å². The first-order chi connectivity index (χ1) is 5.47. The van der Waals surface area contributed by atoms with Gasteiger partial charge in [0, 0.05) is 13.1 Å². The van der Waals surface area contributed by atoms with E-state index in [0.29, 0.717) is 6.17 Å². The summed E-state index contributed by atoms with van der Waals surface area (Å²) in [6, 6.07) is 3.33. The Morgan fingerprint density at radius 1 is 1.09 bits per heavy atom. The molecular formula is C7H13N4+. The maximum absolute atomic E-state index is 4.14. The van der Waals surface area contributed by atoms with Crippen molar-refractivity contribution in [1.29, 1.82) is 0 Å². The zero-order chi connectivity index (χ0) is 7.52. The third-order valence-electron chi connectivity index (χ3n) is 2.01. The SMILES string of the molecule is C1#[N+]CCNC2NCCNC12. The van der Waals surface area contributed by atoms with Crippen LogP contribution in [0.4, 0.5) is 0 Å². The fraction of sp³-hybridized carbons (Fsp3) is 0.857. The largest absolute Gasteiger partial charge is 0.298 e. The molecule has 0 aromatic heterocycles. The molecule has 4 heteroatoms. The fourth-order valence-corrected chi connectivity index (χ4v) is 1.44. The van der Waals surface area contributed by atoms with E-state index >= 15 is 0 Å². The Morgan fingerprint density at radius 2 is 1.91 bits per heavy atom. The van der Waals surface area contributed by atoms with Crippen LogP contribution in [0.5, 0.6) is 0 Å². The van der Waals surface area contributed by atoms with E-state index in [-0.39, 0.29) is 6.04 Å². The molecule has 4 nitrogen and oxygen atoms in total. The minimum Gasteiger partial charge on any atom is -0.298 e. The molecule has 0 aromatic carbocycles. The number of hydrogen-bond donors (Lipinski definition) is 3. The van der Waals surface area contributed by atoms with Gasteiger partial charge in [-0.2, -0.15) is 0 Å². The van der Waals surface area contributed by atoms with E-state index in [1.165, 1.54) is 0 Å². The molecule has 3 N–H and O–H groups in total. The van der Waals surface area contributed by atoms with E-state index in [2.05, 4.69) is 26.9 Å². The summed E-state index contributed by atoms with van der Waals surface area (Å²) < 4.78 is 0. The van der Waals surface area contributed by atoms with Crippen LogP contribution in [0.25, 0.3) is 4.85 Å². The van der Waals surface area contributed by atoms with Crippen LogP contribution < -0.4 is 16.0 Å². The lowest BCUT2D eigenvalue weighted by Gasteiger charge is -2.27. The molecule has 11 heavy (non-hydrogen) atoms. The molecule has 2 heterocycles. The highest BCUT2D eigenvalue weighted by molar-refractivity contribution is 5.08. The van der Waals surface area contributed by atoms with Crippen LogP contribution in [0.15, 0.2) is 0 Å². The van der Waals surface area contributed by atoms with Crippen molar-refractivity contribution in [3.63, 3.8) is 0 Å². The standard InChI is InChI=1S/C7H13N4/c1-2-10-7-6(5-8-1)9-3-4-11-7/h6-7,9-11H,1-4H2/q+1. The molecule has 0 bridgehead atoms. The molecule has 2 aliphatic rings. The quantitative estimate of drug-likeness (QED) is 0.410. The van der Waals surface area contributed by atoms with Crippen LogP contribution in [0.3, 0.4) is 0 Å². The van der Waals surface area contributed by atoms with Crippen LogP contribution >= 0.6 is 0 Å². The average molecular weight is 153 g/mol. The summed E-state index contributed by atoms with van der Waals surface area (Å²) in [5.74, 6) is 0. The Labute approximate surface area is 66.2 Å². The molecule has 0 aliphatic carbocycles. The van der Waals surface area contributed by atoms with Gasteiger partial charge in [0.15, 0.2) is 6.04 Å². The van der Waals surface area contributed by atoms with Crippen molar-refractivity contribution in [2.75, 3.05) is 26.2 Å². The molecule has 60 valence electrons. The van der Waals surface area contributed by atoms with E-state index in [4.69, 9.17) is 0 Å². The van der Waals surface area contributed by atoms with Crippen molar-refractivity contribution in [3.05, 3.63) is 4.85 Å². The zero-order valence-electron chi connectivity index (χ0n) is 6.43. The monoisotopic (exact) mass is 153 g/mol. The number of rotatable bonds is 0. The normalized spacial score (nSPS) is 36.4. The summed E-state index contributed by atoms with van der Waals surface area (Å²) in [4.78, 5) is 4.14. The fourth-order valence-electron chi connectivity index (χ4n) is 1.44. The minimum atomic E-state index is 0.256. The molecule has 1 saturated heterocycles. The van der Waals surface area contributed by atoms with E-state index in [0.717, 1.165) is 26.2 Å². The highest BCUT2D eigenvalue weighted by atomic mass is 15.2. The highest BCUT2D eigenvalue weighted by Crippen LogP contribution is 1.96. The molecule has 0 saturated carbocycles. The van der Waals surface area contributed by atoms with Crippen molar-refractivity contribution in [3.8, 4) is 6.07 Å². The summed E-state index contributed by atoms with van der Waals surface area (Å²) >= 11 is 0. The number of fused-ring (bicyclic) bond motifs is 1. The predicted octanol–water partition coefficient (Wildman–Crippen LogP) is -1.19. The van der Waals surface area contributed by atoms with Crippen LogP contribution in [0.2, 0.25) is 0 Å². The van der Waals surface area contributed by atoms with Gasteiger partial charge < -0.3 is 0 Å². The minimum absolute atomic E-state index is 0.256. The lowest BCUT2D eigenvalue weighted by atomic mass is 10.2. The van der Waals surface area contributed by atoms with Gasteiger partial charge in [-0.25, -0.2) is 0 Å². The molecule has 1 fully saturated rings. The smallest absolute Gasteiger partial charge is 0.295 e. The predicted molar refractivity (Wildman–Crippen MR) is 43.7 cm³/mol. The van der Waals surface area contributed by atoms with Gasteiger partial charge in [0.2, 0.25) is 0 Å². The molecule has 2 unspecified atom stereocenters. The number of nitrogens with zero attached hydrogens (tertiary/aromatic N) is 1. The number of nitrogens with one attached hydrogen (secondary N) is 3. The van der Waals surface area contributed by atoms with Gasteiger partial charge in [-0.05, 0) is 0 Å². The van der Waals surface area contributed by atoms with Crippen molar-refractivity contribution in [2.24, 2.45) is 0 Å². The summed E-state index contributed by atoms with van der Waals surface area (Å²) in [5, 5.41) is 10.0. The average Bonchev–Trinajstić information content (AvgIpc) is 2.28. The molecule has 0 spiro atoms. The lowest BCUT2D eigenvalue weighted by Crippen LogP contribution is -2.61. The van der Waals surface area contributed by atoms with Gasteiger partial charge in [0.05, 0.1) is 12.7 Å². The van der Waals surface area contributed by atoms with Gasteiger partial charge in [0.25, 0.3) is 12.6 Å². The summed E-state index contributed by atoms with van der Waals surface area (Å²) in [5.41, 5.74) is 0. The zero-order valence-corrected chi connectivity index (χ0v) is 6.43. The van der Waals surface area contributed by atoms with Gasteiger partial charge in [-0.3, -0.25) is 16.0 Å². The molecule has 0 aromatic rings. The van der Waals surface area contributed by atoms with Crippen LogP contribution in [-0.2, 0) is 0 Å². The molecule has 0 radical (unpaired) electrons. The van der Waals surface area contributed by atoms with Crippen LogP contribution in [0, 0.1) is 6.07 Å². The Bertz CT molecular complexity index is 192. The summed E-state index contributed by atoms with van der Waals surface area (Å²) in [7, 11) is 0. The first kappa shape index (κ1) is 7.04. The lowest BCUT2D eigenvalue weighted by molar-refractivity contribution is 0.327. The maximum Gasteiger partial charge on any atom is 0.295 e. The third kappa shape index (κ3) is 1.51. The topological polar surface area (TPSA) is 40.5 Å². The Hall–Kier alpha value is -0.630. The first-order valence-electron chi connectivity index (χ1n) is 4.09. The van der Waals surface area contributed by atoms with Gasteiger partial charge >= 0.3 is 0 Å². The third-order valence-corrected chi connectivity index (χ3v) is 2.01. The van der Waals surface area contributed by atoms with Crippen molar-refractivity contribution in [1.82, 2.24) is 16.0 Å². The van der Waals surface area contributed by atoms with Crippen molar-refractivity contribution < 1.29 is 0 Å². The second-order valence-electron chi connectivity index (χ2n) is 2.83. The molecule has 2 aliphatic heterocycles. The maximum atomic E-state index is 4.14. The Kier molecular flexibility index (Phi) is 2.04. The van der Waals surface area contributed by atoms with Gasteiger partial charge in [-0.1, -0.05) is 4.85 Å². The highest BCUT2D eigenvalue weighted by Gasteiger charge is 2.28. The summed E-state index contributed by atoms with van der Waals surface area (Å²) in [6.07, 6.45) is 0.329. The Morgan fingerprint density at radius 3 is 2.91 bits per heavy atom. The van der Waals surface area contributed by atoms with Gasteiger partial charge in [-0.15, -0.1) is 0 Å². The van der Waals surface area contributed by atoms with Crippen molar-refractivity contribution >= 4 is 0 Å². The van der Waals surface area contributed by atoms with E-state index in [1.54, 1.807) is 0 Å². The molecule has 2 atom stereocenters. The summed E-state index contributed by atoms with van der Waals surface area (Å²) in [6.45, 7) is 3.82. The van der Waals surface area contributed by atoms with E-state index < -0.39 is 0 Å². The van der Waals surface area contributed by atoms with Crippen LogP contribution in [0.1, 0.15) is 0 Å². The second kappa shape index (κ2) is 3.18. The molecule has 2 rings (SSSR count). The van der Waals surface area contributed by atoms with Gasteiger partial charge in [0.1, 0.15) is 0 Å². The first-order valence-corrected chi connectivity index (χ1v) is 4.09. The van der Waals surface area contributed by atoms with Crippen LogP contribution in [-0.4, -0.2) is 38.4 Å². The second-order valence-corrected chi connectivity index (χ2v) is 2.83. The number of piperazine rings is 1. The van der Waals surface area contributed by atoms with Crippen molar-refractivity contribution in [2.45, 2.75) is 12.2 Å². The molecule has 0 amide bonds. The van der Waals surface area contributed by atoms with E-state index in [9.17, 15) is 0 Å². The Balaban J connectivity index is 2.05. The number of hydrogen-bond acceptors (Lipinski definition) is 3.